The maximum atomic E-state index is 10.8. The maximum Gasteiger partial charge on any atom is 0.210 e. The highest BCUT2D eigenvalue weighted by Crippen LogP contribution is 1.99. The Hall–Kier alpha value is -0.0900. The molecule has 62 valence electrons. The molecule has 0 rings (SSSR count). The third-order valence-electron chi connectivity index (χ3n) is 1.19. The molecule has 0 atom stereocenters. The van der Waals surface area contributed by atoms with Crippen LogP contribution < -0.4 is 0 Å². The number of rotatable bonds is 3. The lowest BCUT2D eigenvalue weighted by molar-refractivity contribution is 0.420. The fraction of sp³-hybridized carbons (Fsp3) is 1.00. The molecular weight excluding hydrogens is 150 g/mol. The van der Waals surface area contributed by atoms with Gasteiger partial charge < -0.3 is 0 Å². The Bertz CT molecular complexity index is 184. The lowest BCUT2D eigenvalue weighted by atomic mass is 10.2. The van der Waals surface area contributed by atoms with E-state index in [9.17, 15) is 8.42 Å². The Balaban J connectivity index is 3.99. The second-order valence-electron chi connectivity index (χ2n) is 2.94. The molecule has 0 aromatic rings. The van der Waals surface area contributed by atoms with E-state index in [1.54, 1.807) is 7.05 Å². The van der Waals surface area contributed by atoms with Crippen molar-refractivity contribution in [1.29, 1.82) is 0 Å². The van der Waals surface area contributed by atoms with Crippen molar-refractivity contribution in [3.63, 3.8) is 0 Å². The standard InChI is InChI=1S/C6H15NO2S/c1-6(2)5-7(3)10(4,8)9/h6H,5H2,1-4H3. The van der Waals surface area contributed by atoms with Crippen LogP contribution >= 0.6 is 0 Å². The molecule has 0 saturated carbocycles. The first kappa shape index (κ1) is 9.91. The SMILES string of the molecule is CC(C)CN(C)S(C)(=O)=O. The van der Waals surface area contributed by atoms with Gasteiger partial charge in [-0.2, -0.15) is 0 Å². The molecule has 0 spiro atoms. The molecule has 0 aromatic carbocycles. The van der Waals surface area contributed by atoms with Crippen molar-refractivity contribution in [1.82, 2.24) is 4.31 Å². The average molecular weight is 165 g/mol. The summed E-state index contributed by atoms with van der Waals surface area (Å²) in [5.41, 5.74) is 0. The Kier molecular flexibility index (Phi) is 3.31. The van der Waals surface area contributed by atoms with Gasteiger partial charge in [0.25, 0.3) is 0 Å². The van der Waals surface area contributed by atoms with E-state index in [0.717, 1.165) is 0 Å². The van der Waals surface area contributed by atoms with Gasteiger partial charge in [0, 0.05) is 13.6 Å². The van der Waals surface area contributed by atoms with Crippen LogP contribution in [0.15, 0.2) is 0 Å². The van der Waals surface area contributed by atoms with Crippen LogP contribution in [-0.2, 0) is 10.0 Å². The first-order valence-electron chi connectivity index (χ1n) is 3.25. The van der Waals surface area contributed by atoms with Gasteiger partial charge in [-0.25, -0.2) is 12.7 Å². The number of hydrogen-bond acceptors (Lipinski definition) is 2. The van der Waals surface area contributed by atoms with Crippen LogP contribution in [-0.4, -0.2) is 32.6 Å². The van der Waals surface area contributed by atoms with Gasteiger partial charge in [0.05, 0.1) is 6.26 Å². The zero-order chi connectivity index (χ0) is 8.36. The van der Waals surface area contributed by atoms with Crippen molar-refractivity contribution in [2.45, 2.75) is 13.8 Å². The second-order valence-corrected chi connectivity index (χ2v) is 5.03. The molecule has 0 bridgehead atoms. The van der Waals surface area contributed by atoms with Crippen molar-refractivity contribution in [2.75, 3.05) is 19.8 Å². The molecule has 0 fully saturated rings. The van der Waals surface area contributed by atoms with Gasteiger partial charge in [-0.05, 0) is 5.92 Å². The summed E-state index contributed by atoms with van der Waals surface area (Å²) < 4.78 is 22.9. The fourth-order valence-electron chi connectivity index (χ4n) is 0.650. The molecular formula is C6H15NO2S. The fourth-order valence-corrected chi connectivity index (χ4v) is 1.22. The summed E-state index contributed by atoms with van der Waals surface area (Å²) in [4.78, 5) is 0. The Morgan fingerprint density at radius 2 is 1.80 bits per heavy atom. The zero-order valence-corrected chi connectivity index (χ0v) is 7.77. The van der Waals surface area contributed by atoms with Gasteiger partial charge in [0.1, 0.15) is 0 Å². The summed E-state index contributed by atoms with van der Waals surface area (Å²) in [6, 6.07) is 0. The largest absolute Gasteiger partial charge is 0.213 e. The van der Waals surface area contributed by atoms with Crippen molar-refractivity contribution in [3.8, 4) is 0 Å². The average Bonchev–Trinajstić information content (AvgIpc) is 1.60. The van der Waals surface area contributed by atoms with E-state index >= 15 is 0 Å². The van der Waals surface area contributed by atoms with Crippen LogP contribution in [0.3, 0.4) is 0 Å². The Labute approximate surface area is 63.1 Å². The van der Waals surface area contributed by atoms with Gasteiger partial charge in [-0.1, -0.05) is 13.8 Å². The number of hydrogen-bond donors (Lipinski definition) is 0. The third-order valence-corrected chi connectivity index (χ3v) is 2.47. The molecule has 3 nitrogen and oxygen atoms in total. The molecule has 0 aliphatic rings. The number of nitrogens with zero attached hydrogens (tertiary/aromatic N) is 1. The summed E-state index contributed by atoms with van der Waals surface area (Å²) in [7, 11) is -1.37. The monoisotopic (exact) mass is 165 g/mol. The molecule has 0 amide bonds. The molecule has 0 radical (unpaired) electrons. The van der Waals surface area contributed by atoms with Crippen LogP contribution in [0, 0.1) is 5.92 Å². The van der Waals surface area contributed by atoms with Crippen molar-refractivity contribution in [2.24, 2.45) is 5.92 Å². The summed E-state index contributed by atoms with van der Waals surface area (Å²) in [6.45, 7) is 4.57. The predicted molar refractivity (Wildman–Crippen MR) is 42.3 cm³/mol. The van der Waals surface area contributed by atoms with E-state index in [0.29, 0.717) is 12.5 Å². The molecule has 0 aromatic heterocycles. The first-order chi connectivity index (χ1) is 4.34. The van der Waals surface area contributed by atoms with Gasteiger partial charge in [0.2, 0.25) is 10.0 Å². The van der Waals surface area contributed by atoms with Crippen molar-refractivity contribution >= 4 is 10.0 Å². The van der Waals surface area contributed by atoms with E-state index in [1.165, 1.54) is 10.6 Å². The summed E-state index contributed by atoms with van der Waals surface area (Å²) in [5, 5.41) is 0. The maximum absolute atomic E-state index is 10.8. The van der Waals surface area contributed by atoms with Gasteiger partial charge in [0.15, 0.2) is 0 Å². The van der Waals surface area contributed by atoms with Gasteiger partial charge >= 0.3 is 0 Å². The molecule has 0 aliphatic carbocycles. The lowest BCUT2D eigenvalue weighted by Gasteiger charge is -2.15. The molecule has 0 heterocycles. The minimum absolute atomic E-state index is 0.389. The predicted octanol–water partition coefficient (Wildman–Crippen LogP) is 0.534. The van der Waals surface area contributed by atoms with Gasteiger partial charge in [-0.15, -0.1) is 0 Å². The van der Waals surface area contributed by atoms with E-state index in [2.05, 4.69) is 0 Å². The second kappa shape index (κ2) is 3.34. The van der Waals surface area contributed by atoms with E-state index < -0.39 is 10.0 Å². The van der Waals surface area contributed by atoms with Crippen LogP contribution in [0.2, 0.25) is 0 Å². The minimum Gasteiger partial charge on any atom is -0.213 e. The molecule has 0 unspecified atom stereocenters. The highest BCUT2D eigenvalue weighted by Gasteiger charge is 2.10. The van der Waals surface area contributed by atoms with Crippen molar-refractivity contribution < 1.29 is 8.42 Å². The lowest BCUT2D eigenvalue weighted by Crippen LogP contribution is -2.29. The summed E-state index contributed by atoms with van der Waals surface area (Å²) in [5.74, 6) is 0.389. The highest BCUT2D eigenvalue weighted by atomic mass is 32.2. The Morgan fingerprint density at radius 1 is 1.40 bits per heavy atom. The Morgan fingerprint density at radius 3 is 1.90 bits per heavy atom. The van der Waals surface area contributed by atoms with Crippen LogP contribution in [0.5, 0.6) is 0 Å². The quantitative estimate of drug-likeness (QED) is 0.612. The molecule has 10 heavy (non-hydrogen) atoms. The van der Waals surface area contributed by atoms with E-state index in [1.807, 2.05) is 13.8 Å². The van der Waals surface area contributed by atoms with Gasteiger partial charge in [-0.3, -0.25) is 0 Å². The summed E-state index contributed by atoms with van der Waals surface area (Å²) in [6.07, 6.45) is 1.22. The topological polar surface area (TPSA) is 37.4 Å². The van der Waals surface area contributed by atoms with Crippen LogP contribution in [0.4, 0.5) is 0 Å². The molecule has 0 saturated heterocycles. The number of sulfonamides is 1. The molecule has 0 N–H and O–H groups in total. The van der Waals surface area contributed by atoms with E-state index in [-0.39, 0.29) is 0 Å². The summed E-state index contributed by atoms with van der Waals surface area (Å²) >= 11 is 0. The third kappa shape index (κ3) is 3.85. The zero-order valence-electron chi connectivity index (χ0n) is 6.96. The van der Waals surface area contributed by atoms with E-state index in [4.69, 9.17) is 0 Å². The van der Waals surface area contributed by atoms with Crippen LogP contribution in [0.1, 0.15) is 13.8 Å². The van der Waals surface area contributed by atoms with Crippen molar-refractivity contribution in [3.05, 3.63) is 0 Å². The smallest absolute Gasteiger partial charge is 0.210 e. The highest BCUT2D eigenvalue weighted by molar-refractivity contribution is 7.88. The first-order valence-corrected chi connectivity index (χ1v) is 5.10. The molecule has 4 heteroatoms. The minimum atomic E-state index is -2.96. The normalized spacial score (nSPS) is 13.0. The van der Waals surface area contributed by atoms with Crippen LogP contribution in [0.25, 0.3) is 0 Å². The molecule has 0 aliphatic heterocycles.